The van der Waals surface area contributed by atoms with Crippen molar-refractivity contribution < 1.29 is 9.53 Å². The van der Waals surface area contributed by atoms with E-state index in [4.69, 9.17) is 4.74 Å². The van der Waals surface area contributed by atoms with Gasteiger partial charge in [-0.3, -0.25) is 4.79 Å². The Morgan fingerprint density at radius 3 is 3.28 bits per heavy atom. The standard InChI is InChI=1S/C13H19N3O2/c1-18-13-8-11(4-6-15-13)16-12(17)7-10-3-2-5-14-9-10/h4,6,8,10,14H,2-3,5,7,9H2,1H3,(H,15,16,17). The second-order valence-electron chi connectivity index (χ2n) is 4.55. The molecule has 1 aliphatic heterocycles. The van der Waals surface area contributed by atoms with Crippen LogP contribution < -0.4 is 15.4 Å². The molecule has 18 heavy (non-hydrogen) atoms. The molecular weight excluding hydrogens is 230 g/mol. The van der Waals surface area contributed by atoms with Crippen LogP contribution in [-0.2, 0) is 4.79 Å². The highest BCUT2D eigenvalue weighted by Crippen LogP contribution is 2.17. The number of hydrogen-bond donors (Lipinski definition) is 2. The van der Waals surface area contributed by atoms with Crippen molar-refractivity contribution in [2.24, 2.45) is 5.92 Å². The second-order valence-corrected chi connectivity index (χ2v) is 4.55. The van der Waals surface area contributed by atoms with Crippen LogP contribution in [0.15, 0.2) is 18.3 Å². The number of piperidine rings is 1. The van der Waals surface area contributed by atoms with Gasteiger partial charge >= 0.3 is 0 Å². The molecule has 98 valence electrons. The number of amides is 1. The first kappa shape index (κ1) is 12.8. The summed E-state index contributed by atoms with van der Waals surface area (Å²) < 4.78 is 5.01. The van der Waals surface area contributed by atoms with Gasteiger partial charge in [-0.15, -0.1) is 0 Å². The Hall–Kier alpha value is -1.62. The summed E-state index contributed by atoms with van der Waals surface area (Å²) in [5.41, 5.74) is 0.732. The summed E-state index contributed by atoms with van der Waals surface area (Å²) in [6.45, 7) is 2.01. The molecule has 1 aliphatic rings. The Bertz CT molecular complexity index is 403. The van der Waals surface area contributed by atoms with E-state index >= 15 is 0 Å². The van der Waals surface area contributed by atoms with Gasteiger partial charge < -0.3 is 15.4 Å². The molecule has 0 aromatic carbocycles. The zero-order valence-corrected chi connectivity index (χ0v) is 10.6. The number of ether oxygens (including phenoxy) is 1. The van der Waals surface area contributed by atoms with Gasteiger partial charge in [0.25, 0.3) is 0 Å². The number of nitrogens with zero attached hydrogens (tertiary/aromatic N) is 1. The predicted molar refractivity (Wildman–Crippen MR) is 69.6 cm³/mol. The Labute approximate surface area is 107 Å². The Kier molecular flexibility index (Phi) is 4.52. The smallest absolute Gasteiger partial charge is 0.224 e. The Morgan fingerprint density at radius 2 is 2.56 bits per heavy atom. The van der Waals surface area contributed by atoms with Crippen molar-refractivity contribution in [1.29, 1.82) is 0 Å². The minimum atomic E-state index is 0.0527. The molecule has 1 aromatic heterocycles. The van der Waals surface area contributed by atoms with E-state index in [0.717, 1.165) is 31.6 Å². The summed E-state index contributed by atoms with van der Waals surface area (Å²) in [7, 11) is 1.56. The monoisotopic (exact) mass is 249 g/mol. The lowest BCUT2D eigenvalue weighted by molar-refractivity contribution is -0.117. The van der Waals surface area contributed by atoms with Crippen LogP contribution in [0.1, 0.15) is 19.3 Å². The van der Waals surface area contributed by atoms with Crippen LogP contribution in [0.2, 0.25) is 0 Å². The molecule has 0 aliphatic carbocycles. The fraction of sp³-hybridized carbons (Fsp3) is 0.538. The molecule has 5 heteroatoms. The second kappa shape index (κ2) is 6.35. The summed E-state index contributed by atoms with van der Waals surface area (Å²) in [6.07, 6.45) is 4.47. The topological polar surface area (TPSA) is 63.2 Å². The van der Waals surface area contributed by atoms with Crippen molar-refractivity contribution in [2.75, 3.05) is 25.5 Å². The van der Waals surface area contributed by atoms with E-state index in [9.17, 15) is 4.79 Å². The van der Waals surface area contributed by atoms with Crippen LogP contribution in [-0.4, -0.2) is 31.1 Å². The number of anilines is 1. The van der Waals surface area contributed by atoms with E-state index < -0.39 is 0 Å². The minimum absolute atomic E-state index is 0.0527. The molecule has 2 heterocycles. The van der Waals surface area contributed by atoms with Crippen molar-refractivity contribution in [3.8, 4) is 5.88 Å². The van der Waals surface area contributed by atoms with Gasteiger partial charge in [0.1, 0.15) is 0 Å². The van der Waals surface area contributed by atoms with E-state index in [0.29, 0.717) is 18.2 Å². The van der Waals surface area contributed by atoms with Crippen molar-refractivity contribution in [3.63, 3.8) is 0 Å². The van der Waals surface area contributed by atoms with Gasteiger partial charge in [-0.05, 0) is 37.9 Å². The molecule has 0 spiro atoms. The van der Waals surface area contributed by atoms with Crippen LogP contribution in [0.3, 0.4) is 0 Å². The maximum atomic E-state index is 11.9. The fourth-order valence-corrected chi connectivity index (χ4v) is 2.17. The van der Waals surface area contributed by atoms with Gasteiger partial charge in [0.05, 0.1) is 7.11 Å². The highest BCUT2D eigenvalue weighted by molar-refractivity contribution is 5.90. The summed E-state index contributed by atoms with van der Waals surface area (Å²) in [5, 5.41) is 6.19. The molecule has 0 saturated carbocycles. The summed E-state index contributed by atoms with van der Waals surface area (Å²) in [6, 6.07) is 3.48. The first-order valence-electron chi connectivity index (χ1n) is 6.28. The van der Waals surface area contributed by atoms with E-state index in [-0.39, 0.29) is 5.91 Å². The number of carbonyl (C=O) groups is 1. The summed E-state index contributed by atoms with van der Waals surface area (Å²) in [4.78, 5) is 15.9. The molecule has 2 N–H and O–H groups in total. The average molecular weight is 249 g/mol. The van der Waals surface area contributed by atoms with Gasteiger partial charge in [-0.2, -0.15) is 0 Å². The van der Waals surface area contributed by atoms with E-state index in [2.05, 4.69) is 15.6 Å². The van der Waals surface area contributed by atoms with Crippen molar-refractivity contribution >= 4 is 11.6 Å². The number of rotatable bonds is 4. The number of hydrogen-bond acceptors (Lipinski definition) is 4. The van der Waals surface area contributed by atoms with Crippen LogP contribution in [0.25, 0.3) is 0 Å². The predicted octanol–water partition coefficient (Wildman–Crippen LogP) is 1.42. The lowest BCUT2D eigenvalue weighted by Crippen LogP contribution is -2.32. The van der Waals surface area contributed by atoms with Crippen molar-refractivity contribution in [2.45, 2.75) is 19.3 Å². The first-order valence-corrected chi connectivity index (χ1v) is 6.28. The zero-order chi connectivity index (χ0) is 12.8. The SMILES string of the molecule is COc1cc(NC(=O)CC2CCCNC2)ccn1. The van der Waals surface area contributed by atoms with Gasteiger partial charge in [0.15, 0.2) is 0 Å². The highest BCUT2D eigenvalue weighted by Gasteiger charge is 2.16. The van der Waals surface area contributed by atoms with E-state index in [1.165, 1.54) is 0 Å². The number of carbonyl (C=O) groups excluding carboxylic acids is 1. The normalized spacial score (nSPS) is 19.3. The minimum Gasteiger partial charge on any atom is -0.481 e. The molecule has 1 unspecified atom stereocenters. The molecule has 1 atom stereocenters. The Balaban J connectivity index is 1.85. The number of methoxy groups -OCH3 is 1. The third-order valence-electron chi connectivity index (χ3n) is 3.10. The van der Waals surface area contributed by atoms with Crippen LogP contribution in [0, 0.1) is 5.92 Å². The van der Waals surface area contributed by atoms with Gasteiger partial charge in [0, 0.05) is 24.4 Å². The number of pyridine rings is 1. The van der Waals surface area contributed by atoms with Gasteiger partial charge in [0.2, 0.25) is 11.8 Å². The number of nitrogens with one attached hydrogen (secondary N) is 2. The summed E-state index contributed by atoms with van der Waals surface area (Å²) >= 11 is 0. The van der Waals surface area contributed by atoms with Gasteiger partial charge in [-0.25, -0.2) is 4.98 Å². The quantitative estimate of drug-likeness (QED) is 0.847. The van der Waals surface area contributed by atoms with Crippen LogP contribution >= 0.6 is 0 Å². The third kappa shape index (κ3) is 3.70. The van der Waals surface area contributed by atoms with Crippen LogP contribution in [0.5, 0.6) is 5.88 Å². The van der Waals surface area contributed by atoms with E-state index in [1.54, 1.807) is 25.4 Å². The first-order chi connectivity index (χ1) is 8.78. The largest absolute Gasteiger partial charge is 0.481 e. The molecule has 1 aromatic rings. The molecule has 5 nitrogen and oxygen atoms in total. The van der Waals surface area contributed by atoms with Crippen molar-refractivity contribution in [1.82, 2.24) is 10.3 Å². The Morgan fingerprint density at radius 1 is 1.67 bits per heavy atom. The lowest BCUT2D eigenvalue weighted by Gasteiger charge is -2.22. The zero-order valence-electron chi connectivity index (χ0n) is 10.6. The molecule has 1 fully saturated rings. The maximum absolute atomic E-state index is 11.9. The maximum Gasteiger partial charge on any atom is 0.224 e. The fourth-order valence-electron chi connectivity index (χ4n) is 2.17. The van der Waals surface area contributed by atoms with Crippen molar-refractivity contribution in [3.05, 3.63) is 18.3 Å². The molecular formula is C13H19N3O2. The molecule has 0 radical (unpaired) electrons. The van der Waals surface area contributed by atoms with E-state index in [1.807, 2.05) is 0 Å². The summed E-state index contributed by atoms with van der Waals surface area (Å²) in [5.74, 6) is 1.01. The molecule has 1 saturated heterocycles. The number of aromatic nitrogens is 1. The van der Waals surface area contributed by atoms with Crippen LogP contribution in [0.4, 0.5) is 5.69 Å². The molecule has 2 rings (SSSR count). The molecule has 0 bridgehead atoms. The highest BCUT2D eigenvalue weighted by atomic mass is 16.5. The molecule has 1 amide bonds. The average Bonchev–Trinajstić information content (AvgIpc) is 2.40. The lowest BCUT2D eigenvalue weighted by atomic mass is 9.96. The van der Waals surface area contributed by atoms with Gasteiger partial charge in [-0.1, -0.05) is 0 Å². The third-order valence-corrected chi connectivity index (χ3v) is 3.10.